The Balaban J connectivity index is 1.21. The van der Waals surface area contributed by atoms with Crippen molar-refractivity contribution in [2.45, 2.75) is 62.7 Å². The molecule has 0 spiro atoms. The number of benzene rings is 1. The van der Waals surface area contributed by atoms with E-state index < -0.39 is 0 Å². The van der Waals surface area contributed by atoms with Crippen molar-refractivity contribution >= 4 is 16.6 Å². The van der Waals surface area contributed by atoms with Crippen LogP contribution in [0.4, 0.5) is 14.5 Å². The van der Waals surface area contributed by atoms with Crippen LogP contribution in [0, 0.1) is 11.7 Å². The average Bonchev–Trinajstić information content (AvgIpc) is 3.12. The van der Waals surface area contributed by atoms with Crippen molar-refractivity contribution in [2.75, 3.05) is 31.6 Å². The second-order valence-corrected chi connectivity index (χ2v) is 11.4. The lowest BCUT2D eigenvalue weighted by atomic mass is 9.48. The van der Waals surface area contributed by atoms with Gasteiger partial charge in [-0.15, -0.1) is 0 Å². The monoisotopic (exact) mass is 477 g/mol. The van der Waals surface area contributed by atoms with Crippen molar-refractivity contribution in [3.63, 3.8) is 0 Å². The first-order valence-electron chi connectivity index (χ1n) is 13.1. The van der Waals surface area contributed by atoms with Crippen molar-refractivity contribution in [1.82, 2.24) is 19.8 Å². The lowest BCUT2D eigenvalue weighted by Gasteiger charge is -2.69. The van der Waals surface area contributed by atoms with Crippen LogP contribution in [0.1, 0.15) is 55.6 Å². The van der Waals surface area contributed by atoms with Gasteiger partial charge >= 0.3 is 0 Å². The maximum Gasteiger partial charge on any atom is 0.148 e. The zero-order valence-electron chi connectivity index (χ0n) is 20.2. The number of fused-ring (bicyclic) bond motifs is 3. The van der Waals surface area contributed by atoms with Gasteiger partial charge < -0.3 is 10.3 Å². The number of nitrogens with zero attached hydrogens (tertiary/aromatic N) is 3. The molecular formula is C28H33F2N5. The van der Waals surface area contributed by atoms with Crippen molar-refractivity contribution in [3.8, 4) is 0 Å². The summed E-state index contributed by atoms with van der Waals surface area (Å²) in [7, 11) is 0. The molecule has 0 amide bonds. The molecule has 1 aromatic carbocycles. The Labute approximate surface area is 204 Å². The summed E-state index contributed by atoms with van der Waals surface area (Å²) in [6.45, 7) is 4.53. The van der Waals surface area contributed by atoms with E-state index in [-0.39, 0.29) is 30.1 Å². The van der Waals surface area contributed by atoms with Crippen LogP contribution in [0.25, 0.3) is 10.9 Å². The molecule has 1 saturated heterocycles. The minimum atomic E-state index is -0.276. The smallest absolute Gasteiger partial charge is 0.148 e. The van der Waals surface area contributed by atoms with E-state index in [0.29, 0.717) is 18.2 Å². The molecule has 5 nitrogen and oxygen atoms in total. The van der Waals surface area contributed by atoms with Gasteiger partial charge in [0.2, 0.25) is 0 Å². The molecule has 4 fully saturated rings. The van der Waals surface area contributed by atoms with Crippen LogP contribution >= 0.6 is 0 Å². The Kier molecular flexibility index (Phi) is 4.97. The normalized spacial score (nSPS) is 30.4. The number of alkyl halides is 1. The van der Waals surface area contributed by atoms with Crippen molar-refractivity contribution in [2.24, 2.45) is 5.92 Å². The molecule has 3 saturated carbocycles. The number of nitrogens with one attached hydrogen (secondary N) is 2. The molecule has 2 N–H and O–H groups in total. The van der Waals surface area contributed by atoms with Gasteiger partial charge in [0.05, 0.1) is 36.3 Å². The van der Waals surface area contributed by atoms with Gasteiger partial charge in [-0.1, -0.05) is 18.2 Å². The van der Waals surface area contributed by atoms with Crippen molar-refractivity contribution < 1.29 is 8.78 Å². The summed E-state index contributed by atoms with van der Waals surface area (Å²) in [5, 5.41) is 4.67. The van der Waals surface area contributed by atoms with Gasteiger partial charge in [0, 0.05) is 53.9 Å². The van der Waals surface area contributed by atoms with E-state index in [1.165, 1.54) is 30.2 Å². The predicted molar refractivity (Wildman–Crippen MR) is 134 cm³/mol. The minimum Gasteiger partial charge on any atom is -0.378 e. The second-order valence-electron chi connectivity index (χ2n) is 11.4. The summed E-state index contributed by atoms with van der Waals surface area (Å²) in [6.07, 6.45) is 7.03. The van der Waals surface area contributed by atoms with Gasteiger partial charge in [-0.3, -0.25) is 19.2 Å². The van der Waals surface area contributed by atoms with Crippen LogP contribution in [0.2, 0.25) is 0 Å². The Morgan fingerprint density at radius 3 is 2.71 bits per heavy atom. The van der Waals surface area contributed by atoms with E-state index in [9.17, 15) is 4.39 Å². The molecule has 0 unspecified atom stereocenters. The van der Waals surface area contributed by atoms with E-state index in [1.807, 2.05) is 0 Å². The van der Waals surface area contributed by atoms with Crippen LogP contribution < -0.4 is 5.32 Å². The Bertz CT molecular complexity index is 1250. The fourth-order valence-corrected chi connectivity index (χ4v) is 7.31. The summed E-state index contributed by atoms with van der Waals surface area (Å²) in [5.74, 6) is 0.604. The van der Waals surface area contributed by atoms with Gasteiger partial charge in [0.1, 0.15) is 5.82 Å². The number of hydrogen-bond acceptors (Lipinski definition) is 4. The first-order valence-corrected chi connectivity index (χ1v) is 13.1. The highest BCUT2D eigenvalue weighted by Gasteiger charge is 2.63. The Morgan fingerprint density at radius 1 is 1.20 bits per heavy atom. The maximum absolute atomic E-state index is 15.8. The first kappa shape index (κ1) is 21.7. The largest absolute Gasteiger partial charge is 0.378 e. The SMILES string of the molecule is C[C@@H]1Cc2c([nH]c3ccccc23)[C@@H](c2ncc(NC3CN(CCCF)C3)cc2F)N1C12CC(C1)C2. The van der Waals surface area contributed by atoms with Crippen molar-refractivity contribution in [1.29, 1.82) is 0 Å². The van der Waals surface area contributed by atoms with Gasteiger partial charge in [-0.2, -0.15) is 0 Å². The highest BCUT2D eigenvalue weighted by Crippen LogP contribution is 2.64. The molecule has 5 aliphatic rings. The van der Waals surface area contributed by atoms with Crippen molar-refractivity contribution in [3.05, 3.63) is 59.3 Å². The number of hydrogen-bond donors (Lipinski definition) is 2. The Hall–Kier alpha value is -2.51. The molecule has 0 radical (unpaired) electrons. The van der Waals surface area contributed by atoms with E-state index in [0.717, 1.165) is 48.9 Å². The maximum atomic E-state index is 15.8. The van der Waals surface area contributed by atoms with Crippen LogP contribution in [0.5, 0.6) is 0 Å². The van der Waals surface area contributed by atoms with Crippen LogP contribution in [0.15, 0.2) is 36.5 Å². The fraction of sp³-hybridized carbons (Fsp3) is 0.536. The number of para-hydroxylation sites is 1. The molecule has 2 atom stereocenters. The first-order chi connectivity index (χ1) is 17.0. The number of aromatic nitrogens is 2. The number of anilines is 1. The Morgan fingerprint density at radius 2 is 2.00 bits per heavy atom. The number of aromatic amines is 1. The number of H-pyrrole nitrogens is 1. The predicted octanol–water partition coefficient (Wildman–Crippen LogP) is 5.05. The van der Waals surface area contributed by atoms with E-state index in [1.54, 1.807) is 12.3 Å². The quantitative estimate of drug-likeness (QED) is 0.500. The topological polar surface area (TPSA) is 47.2 Å². The number of rotatable bonds is 7. The molecule has 4 heterocycles. The van der Waals surface area contributed by atoms with E-state index >= 15 is 4.39 Å². The zero-order chi connectivity index (χ0) is 23.7. The molecule has 3 aromatic rings. The van der Waals surface area contributed by atoms with Crippen LogP contribution in [-0.2, 0) is 6.42 Å². The molecular weight excluding hydrogens is 444 g/mol. The lowest BCUT2D eigenvalue weighted by molar-refractivity contribution is -0.175. The molecule has 2 bridgehead atoms. The number of likely N-dealkylation sites (tertiary alicyclic amines) is 1. The van der Waals surface area contributed by atoms with Gasteiger partial charge in [0.15, 0.2) is 0 Å². The van der Waals surface area contributed by atoms with E-state index in [4.69, 9.17) is 4.98 Å². The molecule has 3 aliphatic carbocycles. The summed E-state index contributed by atoms with van der Waals surface area (Å²) in [5.41, 5.74) is 4.99. The summed E-state index contributed by atoms with van der Waals surface area (Å²) >= 11 is 0. The lowest BCUT2D eigenvalue weighted by Crippen LogP contribution is -2.71. The van der Waals surface area contributed by atoms with Crippen LogP contribution in [0.3, 0.4) is 0 Å². The molecule has 184 valence electrons. The molecule has 2 aromatic heterocycles. The third-order valence-electron chi connectivity index (χ3n) is 8.99. The molecule has 8 rings (SSSR count). The van der Waals surface area contributed by atoms with Gasteiger partial charge in [0.25, 0.3) is 0 Å². The van der Waals surface area contributed by atoms with E-state index in [2.05, 4.69) is 51.3 Å². The zero-order valence-corrected chi connectivity index (χ0v) is 20.2. The third-order valence-corrected chi connectivity index (χ3v) is 8.99. The molecule has 35 heavy (non-hydrogen) atoms. The highest BCUT2D eigenvalue weighted by molar-refractivity contribution is 5.85. The minimum absolute atomic E-state index is 0.198. The summed E-state index contributed by atoms with van der Waals surface area (Å²) in [6, 6.07) is 10.4. The molecule has 7 heteroatoms. The number of pyridine rings is 1. The van der Waals surface area contributed by atoms with Gasteiger partial charge in [-0.25, -0.2) is 4.39 Å². The fourth-order valence-electron chi connectivity index (χ4n) is 7.31. The molecule has 2 aliphatic heterocycles. The third kappa shape index (κ3) is 3.34. The summed E-state index contributed by atoms with van der Waals surface area (Å²) in [4.78, 5) is 13.2. The number of halogens is 2. The van der Waals surface area contributed by atoms with Crippen LogP contribution in [-0.4, -0.2) is 63.7 Å². The summed E-state index contributed by atoms with van der Waals surface area (Å²) < 4.78 is 28.2. The van der Waals surface area contributed by atoms with Gasteiger partial charge in [-0.05, 0) is 56.6 Å². The second kappa shape index (κ2) is 8.00. The average molecular weight is 478 g/mol. The standard InChI is InChI=1S/C28H33F2N5/c1-17-9-22-21-5-2-3-6-24(21)33-25(22)27(35(17)28-11-18(12-28)13-28)26-23(30)10-19(14-31-26)32-20-15-34(16-20)8-4-7-29/h2-3,5-6,10,14,17-18,20,27,32-33H,4,7-9,11-13,15-16H2,1H3/t17-,18?,27+,28?/m1/s1. The highest BCUT2D eigenvalue weighted by atomic mass is 19.1.